The average molecular weight is 364 g/mol. The molecule has 0 aliphatic rings. The number of thiophene rings is 1. The van der Waals surface area contributed by atoms with Gasteiger partial charge in [-0.25, -0.2) is 0 Å². The van der Waals surface area contributed by atoms with Crippen molar-refractivity contribution in [1.82, 2.24) is 4.98 Å². The highest BCUT2D eigenvalue weighted by atomic mass is 32.1. The van der Waals surface area contributed by atoms with Gasteiger partial charge in [0, 0.05) is 22.4 Å². The summed E-state index contributed by atoms with van der Waals surface area (Å²) in [6.07, 6.45) is 0.722. The van der Waals surface area contributed by atoms with Crippen LogP contribution in [0.25, 0.3) is 32.1 Å². The van der Waals surface area contributed by atoms with Crippen LogP contribution in [0, 0.1) is 0 Å². The number of hydrogen-bond acceptors (Lipinski definition) is 4. The van der Waals surface area contributed by atoms with E-state index in [9.17, 15) is 9.90 Å². The molecular weight excluding hydrogens is 344 g/mol. The van der Waals surface area contributed by atoms with E-state index in [-0.39, 0.29) is 17.4 Å². The molecule has 26 heavy (non-hydrogen) atoms. The standard InChI is InChI=1S/C21H20N2O2S/c1-3-12-10-16(24)17(14-6-4-13(5-7-14)11(2)22)18-15-8-9-26-20(15)21(25)23-19(12)18/h4-11,24H,3,22H2,1-2H3,(H,23,25)/t11-/m1/s1. The highest BCUT2D eigenvalue weighted by Gasteiger charge is 2.18. The molecule has 0 saturated heterocycles. The molecule has 1 atom stereocenters. The first-order valence-corrected chi connectivity index (χ1v) is 9.53. The predicted molar refractivity (Wildman–Crippen MR) is 109 cm³/mol. The number of aryl methyl sites for hydroxylation is 1. The van der Waals surface area contributed by atoms with E-state index in [1.54, 1.807) is 6.07 Å². The number of aromatic amines is 1. The molecule has 4 N–H and O–H groups in total. The smallest absolute Gasteiger partial charge is 0.266 e. The molecule has 132 valence electrons. The van der Waals surface area contributed by atoms with E-state index in [4.69, 9.17) is 5.73 Å². The molecule has 0 fully saturated rings. The molecular formula is C21H20N2O2S. The van der Waals surface area contributed by atoms with Gasteiger partial charge >= 0.3 is 0 Å². The van der Waals surface area contributed by atoms with Crippen LogP contribution in [-0.2, 0) is 6.42 Å². The zero-order valence-electron chi connectivity index (χ0n) is 14.7. The van der Waals surface area contributed by atoms with Gasteiger partial charge in [-0.05, 0) is 47.5 Å². The molecule has 4 nitrogen and oxygen atoms in total. The second kappa shape index (κ2) is 6.27. The maximum atomic E-state index is 12.5. The van der Waals surface area contributed by atoms with Crippen molar-refractivity contribution in [3.05, 3.63) is 63.3 Å². The summed E-state index contributed by atoms with van der Waals surface area (Å²) in [6.45, 7) is 3.96. The van der Waals surface area contributed by atoms with E-state index in [2.05, 4.69) is 4.98 Å². The second-order valence-electron chi connectivity index (χ2n) is 6.56. The van der Waals surface area contributed by atoms with Crippen molar-refractivity contribution in [3.63, 3.8) is 0 Å². The Morgan fingerprint density at radius 3 is 2.62 bits per heavy atom. The van der Waals surface area contributed by atoms with Gasteiger partial charge in [0.15, 0.2) is 0 Å². The molecule has 2 aromatic carbocycles. The van der Waals surface area contributed by atoms with Crippen LogP contribution in [-0.4, -0.2) is 10.1 Å². The minimum absolute atomic E-state index is 0.0446. The van der Waals surface area contributed by atoms with Crippen LogP contribution < -0.4 is 11.3 Å². The van der Waals surface area contributed by atoms with Gasteiger partial charge in [-0.2, -0.15) is 0 Å². The number of hydrogen-bond donors (Lipinski definition) is 3. The first-order chi connectivity index (χ1) is 12.5. The summed E-state index contributed by atoms with van der Waals surface area (Å²) in [4.78, 5) is 15.5. The topological polar surface area (TPSA) is 79.1 Å². The molecule has 0 aliphatic carbocycles. The van der Waals surface area contributed by atoms with E-state index in [0.717, 1.165) is 45.0 Å². The molecule has 0 saturated carbocycles. The van der Waals surface area contributed by atoms with Crippen LogP contribution in [0.5, 0.6) is 5.75 Å². The van der Waals surface area contributed by atoms with Gasteiger partial charge in [-0.15, -0.1) is 11.3 Å². The first-order valence-electron chi connectivity index (χ1n) is 8.65. The lowest BCUT2D eigenvalue weighted by Gasteiger charge is -2.15. The minimum atomic E-state index is -0.0823. The number of fused-ring (bicyclic) bond motifs is 3. The number of nitrogens with two attached hydrogens (primary N) is 1. The van der Waals surface area contributed by atoms with Gasteiger partial charge in [-0.1, -0.05) is 31.2 Å². The summed E-state index contributed by atoms with van der Waals surface area (Å²) >= 11 is 1.42. The van der Waals surface area contributed by atoms with Gasteiger partial charge in [0.1, 0.15) is 10.4 Å². The SMILES string of the molecule is CCc1cc(O)c(-c2ccc([C@@H](C)N)cc2)c2c1[nH]c(=O)c1sccc12. The van der Waals surface area contributed by atoms with Crippen molar-refractivity contribution in [3.8, 4) is 16.9 Å². The fourth-order valence-corrected chi connectivity index (χ4v) is 4.31. The van der Waals surface area contributed by atoms with E-state index >= 15 is 0 Å². The molecule has 0 aliphatic heterocycles. The summed E-state index contributed by atoms with van der Waals surface area (Å²) in [6, 6.07) is 11.6. The minimum Gasteiger partial charge on any atom is -0.507 e. The number of H-pyrrole nitrogens is 1. The fraction of sp³-hybridized carbons (Fsp3) is 0.190. The average Bonchev–Trinajstić information content (AvgIpc) is 3.12. The van der Waals surface area contributed by atoms with E-state index in [0.29, 0.717) is 4.70 Å². The zero-order chi connectivity index (χ0) is 18.4. The summed E-state index contributed by atoms with van der Waals surface area (Å²) in [5.41, 5.74) is 10.3. The Balaban J connectivity index is 2.13. The predicted octanol–water partition coefficient (Wildman–Crippen LogP) is 4.70. The largest absolute Gasteiger partial charge is 0.507 e. The molecule has 2 heterocycles. The lowest BCUT2D eigenvalue weighted by Crippen LogP contribution is -2.07. The quantitative estimate of drug-likeness (QED) is 0.493. The van der Waals surface area contributed by atoms with Crippen LogP contribution in [0.2, 0.25) is 0 Å². The van der Waals surface area contributed by atoms with Crippen LogP contribution in [0.3, 0.4) is 0 Å². The van der Waals surface area contributed by atoms with Crippen molar-refractivity contribution in [2.24, 2.45) is 5.73 Å². The van der Waals surface area contributed by atoms with Gasteiger partial charge in [0.2, 0.25) is 0 Å². The second-order valence-corrected chi connectivity index (χ2v) is 7.48. The lowest BCUT2D eigenvalue weighted by molar-refractivity contribution is 0.477. The van der Waals surface area contributed by atoms with E-state index < -0.39 is 0 Å². The van der Waals surface area contributed by atoms with Gasteiger partial charge in [-0.3, -0.25) is 4.79 Å². The molecule has 5 heteroatoms. The Kier molecular flexibility index (Phi) is 4.05. The number of nitrogens with one attached hydrogen (secondary N) is 1. The maximum absolute atomic E-state index is 12.5. The van der Waals surface area contributed by atoms with Crippen molar-refractivity contribution >= 4 is 32.3 Å². The number of rotatable bonds is 3. The summed E-state index contributed by atoms with van der Waals surface area (Å²) in [7, 11) is 0. The first kappa shape index (κ1) is 16.8. The number of benzene rings is 2. The van der Waals surface area contributed by atoms with Crippen LogP contribution >= 0.6 is 11.3 Å². The molecule has 0 spiro atoms. The Labute approximate surface area is 154 Å². The summed E-state index contributed by atoms with van der Waals surface area (Å²) < 4.78 is 0.679. The maximum Gasteiger partial charge on any atom is 0.266 e. The van der Waals surface area contributed by atoms with Crippen LogP contribution in [0.15, 0.2) is 46.6 Å². The number of phenolic OH excluding ortho intramolecular Hbond substituents is 1. The molecule has 4 rings (SSSR count). The monoisotopic (exact) mass is 364 g/mol. The number of phenols is 1. The highest BCUT2D eigenvalue weighted by molar-refractivity contribution is 7.17. The lowest BCUT2D eigenvalue weighted by atomic mass is 9.93. The van der Waals surface area contributed by atoms with Crippen molar-refractivity contribution < 1.29 is 5.11 Å². The Bertz CT molecular complexity index is 1170. The molecule has 0 unspecified atom stereocenters. The summed E-state index contributed by atoms with van der Waals surface area (Å²) in [5.74, 6) is 0.224. The molecule has 2 aromatic heterocycles. The molecule has 0 amide bonds. The molecule has 0 radical (unpaired) electrons. The van der Waals surface area contributed by atoms with Crippen molar-refractivity contribution in [1.29, 1.82) is 0 Å². The Morgan fingerprint density at radius 2 is 1.96 bits per heavy atom. The third-order valence-electron chi connectivity index (χ3n) is 4.87. The highest BCUT2D eigenvalue weighted by Crippen LogP contribution is 2.41. The van der Waals surface area contributed by atoms with Crippen molar-refractivity contribution in [2.75, 3.05) is 0 Å². The van der Waals surface area contributed by atoms with Gasteiger partial charge in [0.25, 0.3) is 5.56 Å². The van der Waals surface area contributed by atoms with Crippen molar-refractivity contribution in [2.45, 2.75) is 26.3 Å². The zero-order valence-corrected chi connectivity index (χ0v) is 15.5. The van der Waals surface area contributed by atoms with Gasteiger partial charge in [0.05, 0.1) is 5.52 Å². The third kappa shape index (κ3) is 2.52. The Hall–Kier alpha value is -2.63. The van der Waals surface area contributed by atoms with E-state index in [1.807, 2.05) is 49.6 Å². The Morgan fingerprint density at radius 1 is 1.23 bits per heavy atom. The normalized spacial score (nSPS) is 12.7. The number of aromatic hydroxyl groups is 1. The van der Waals surface area contributed by atoms with Crippen LogP contribution in [0.1, 0.15) is 31.0 Å². The van der Waals surface area contributed by atoms with E-state index in [1.165, 1.54) is 11.3 Å². The number of pyridine rings is 1. The summed E-state index contributed by atoms with van der Waals surface area (Å²) in [5, 5.41) is 14.5. The third-order valence-corrected chi connectivity index (χ3v) is 5.79. The van der Waals surface area contributed by atoms with Gasteiger partial charge < -0.3 is 15.8 Å². The van der Waals surface area contributed by atoms with Crippen LogP contribution in [0.4, 0.5) is 0 Å². The number of aromatic nitrogens is 1. The molecule has 4 aromatic rings. The fourth-order valence-electron chi connectivity index (χ4n) is 3.51. The molecule has 0 bridgehead atoms.